The number of hydrogen-bond donors (Lipinski definition) is 1. The molecule has 0 radical (unpaired) electrons. The molecule has 4 aliphatic heterocycles. The zero-order valence-corrected chi connectivity index (χ0v) is 22.9. The molecule has 6 rings (SSSR count). The lowest BCUT2D eigenvalue weighted by Crippen LogP contribution is -2.60. The molecule has 1 spiro atoms. The predicted molar refractivity (Wildman–Crippen MR) is 145 cm³/mol. The van der Waals surface area contributed by atoms with Crippen molar-refractivity contribution in [1.29, 1.82) is 0 Å². The van der Waals surface area contributed by atoms with Crippen molar-refractivity contribution in [2.75, 3.05) is 26.7 Å². The minimum absolute atomic E-state index is 0.110. The first-order chi connectivity index (χ1) is 18.8. The summed E-state index contributed by atoms with van der Waals surface area (Å²) in [6, 6.07) is 8.24. The van der Waals surface area contributed by atoms with E-state index in [-0.39, 0.29) is 30.4 Å². The summed E-state index contributed by atoms with van der Waals surface area (Å²) in [6.45, 7) is 2.46. The van der Waals surface area contributed by atoms with E-state index in [4.69, 9.17) is 4.74 Å². The Hall–Kier alpha value is -2.97. The molecule has 1 N–H and O–H groups in total. The minimum Gasteiger partial charge on any atom is -0.394 e. The number of benzene rings is 1. The van der Waals surface area contributed by atoms with Gasteiger partial charge in [0.25, 0.3) is 0 Å². The SMILES string of the molecule is CN1CC=C[C@]2(C)O[C@]34C=CCN(C5CCCCC5)C(=O)C3N([C@@H](CO)Cc3ccccc3)C(=O)[C@@H]4[C@@H]2C1=O. The Morgan fingerprint density at radius 1 is 0.949 bits per heavy atom. The van der Waals surface area contributed by atoms with Crippen LogP contribution in [0.1, 0.15) is 44.6 Å². The third-order valence-electron chi connectivity index (χ3n) is 9.66. The highest BCUT2D eigenvalue weighted by Gasteiger charge is 2.75. The maximum atomic E-state index is 14.6. The van der Waals surface area contributed by atoms with E-state index in [0.717, 1.165) is 31.2 Å². The molecule has 39 heavy (non-hydrogen) atoms. The van der Waals surface area contributed by atoms with Crippen LogP contribution in [0.2, 0.25) is 0 Å². The normalized spacial score (nSPS) is 35.5. The molecule has 3 fully saturated rings. The number of fused-ring (bicyclic) bond motifs is 2. The number of likely N-dealkylation sites (tertiary alicyclic amines) is 1. The van der Waals surface area contributed by atoms with Crippen LogP contribution in [0.25, 0.3) is 0 Å². The maximum Gasteiger partial charge on any atom is 0.249 e. The largest absolute Gasteiger partial charge is 0.394 e. The van der Waals surface area contributed by atoms with Gasteiger partial charge in [-0.2, -0.15) is 0 Å². The number of aliphatic hydroxyl groups excluding tert-OH is 1. The van der Waals surface area contributed by atoms with Crippen molar-refractivity contribution < 1.29 is 24.2 Å². The van der Waals surface area contributed by atoms with E-state index in [1.54, 1.807) is 16.8 Å². The van der Waals surface area contributed by atoms with Gasteiger partial charge in [0.1, 0.15) is 11.6 Å². The molecule has 3 amide bonds. The van der Waals surface area contributed by atoms with Crippen LogP contribution < -0.4 is 0 Å². The number of carbonyl (C=O) groups excluding carboxylic acids is 3. The van der Waals surface area contributed by atoms with Crippen LogP contribution in [0.3, 0.4) is 0 Å². The molecule has 5 aliphatic rings. The third-order valence-corrected chi connectivity index (χ3v) is 9.66. The van der Waals surface area contributed by atoms with Crippen molar-refractivity contribution >= 4 is 17.7 Å². The quantitative estimate of drug-likeness (QED) is 0.587. The first-order valence-corrected chi connectivity index (χ1v) is 14.4. The van der Waals surface area contributed by atoms with Crippen molar-refractivity contribution in [3.05, 3.63) is 60.2 Å². The summed E-state index contributed by atoms with van der Waals surface area (Å²) < 4.78 is 6.89. The van der Waals surface area contributed by atoms with Crippen LogP contribution >= 0.6 is 0 Å². The number of ether oxygens (including phenoxy) is 1. The van der Waals surface area contributed by atoms with Crippen molar-refractivity contribution in [3.8, 4) is 0 Å². The second kappa shape index (κ2) is 9.89. The average Bonchev–Trinajstić information content (AvgIpc) is 3.22. The highest BCUT2D eigenvalue weighted by molar-refractivity contribution is 6.00. The Bertz CT molecular complexity index is 1190. The van der Waals surface area contributed by atoms with Gasteiger partial charge in [-0.1, -0.05) is 73.9 Å². The van der Waals surface area contributed by atoms with Crippen molar-refractivity contribution in [3.63, 3.8) is 0 Å². The van der Waals surface area contributed by atoms with Gasteiger partial charge in [0.05, 0.1) is 30.1 Å². The molecular formula is C31H39N3O5. The topological polar surface area (TPSA) is 90.4 Å². The monoisotopic (exact) mass is 533 g/mol. The second-order valence-corrected chi connectivity index (χ2v) is 12.1. The van der Waals surface area contributed by atoms with Crippen molar-refractivity contribution in [2.24, 2.45) is 11.8 Å². The smallest absolute Gasteiger partial charge is 0.249 e. The van der Waals surface area contributed by atoms with Gasteiger partial charge in [-0.05, 0) is 31.7 Å². The van der Waals surface area contributed by atoms with Crippen molar-refractivity contribution in [2.45, 2.75) is 74.8 Å². The second-order valence-electron chi connectivity index (χ2n) is 12.1. The van der Waals surface area contributed by atoms with Crippen LogP contribution in [0.5, 0.6) is 0 Å². The summed E-state index contributed by atoms with van der Waals surface area (Å²) in [6.07, 6.45) is 13.3. The van der Waals surface area contributed by atoms with E-state index >= 15 is 0 Å². The molecule has 1 saturated carbocycles. The summed E-state index contributed by atoms with van der Waals surface area (Å²) >= 11 is 0. The van der Waals surface area contributed by atoms with E-state index in [0.29, 0.717) is 19.5 Å². The fraction of sp³-hybridized carbons (Fsp3) is 0.581. The highest BCUT2D eigenvalue weighted by Crippen LogP contribution is 2.58. The summed E-state index contributed by atoms with van der Waals surface area (Å²) in [5.41, 5.74) is -1.35. The molecule has 1 aromatic carbocycles. The number of amides is 3. The summed E-state index contributed by atoms with van der Waals surface area (Å²) in [5, 5.41) is 10.6. The molecule has 6 atom stereocenters. The van der Waals surface area contributed by atoms with Gasteiger partial charge >= 0.3 is 0 Å². The van der Waals surface area contributed by atoms with Crippen LogP contribution in [0.4, 0.5) is 0 Å². The van der Waals surface area contributed by atoms with Crippen LogP contribution in [0.15, 0.2) is 54.6 Å². The number of likely N-dealkylation sites (N-methyl/N-ethyl adjacent to an activating group) is 1. The average molecular weight is 534 g/mol. The fourth-order valence-electron chi connectivity index (χ4n) is 7.85. The van der Waals surface area contributed by atoms with Gasteiger partial charge in [-0.3, -0.25) is 14.4 Å². The van der Waals surface area contributed by atoms with Gasteiger partial charge in [-0.15, -0.1) is 0 Å². The van der Waals surface area contributed by atoms with E-state index < -0.39 is 35.1 Å². The predicted octanol–water partition coefficient (Wildman–Crippen LogP) is 2.32. The number of aliphatic hydroxyl groups is 1. The summed E-state index contributed by atoms with van der Waals surface area (Å²) in [7, 11) is 1.74. The van der Waals surface area contributed by atoms with E-state index in [9.17, 15) is 19.5 Å². The highest BCUT2D eigenvalue weighted by atomic mass is 16.5. The minimum atomic E-state index is -1.29. The number of carbonyl (C=O) groups is 3. The van der Waals surface area contributed by atoms with Gasteiger partial charge in [-0.25, -0.2) is 0 Å². The molecule has 2 saturated heterocycles. The Balaban J connectivity index is 1.47. The number of hydrogen-bond acceptors (Lipinski definition) is 5. The Morgan fingerprint density at radius 3 is 2.38 bits per heavy atom. The Morgan fingerprint density at radius 2 is 1.67 bits per heavy atom. The molecule has 8 heteroatoms. The molecule has 1 aliphatic carbocycles. The van der Waals surface area contributed by atoms with Gasteiger partial charge in [0.15, 0.2) is 0 Å². The molecule has 8 nitrogen and oxygen atoms in total. The third kappa shape index (κ3) is 4.06. The van der Waals surface area contributed by atoms with Gasteiger partial charge < -0.3 is 24.5 Å². The van der Waals surface area contributed by atoms with Gasteiger partial charge in [0.2, 0.25) is 17.7 Å². The van der Waals surface area contributed by atoms with E-state index in [2.05, 4.69) is 0 Å². The van der Waals surface area contributed by atoms with Crippen molar-refractivity contribution in [1.82, 2.24) is 14.7 Å². The summed E-state index contributed by atoms with van der Waals surface area (Å²) in [4.78, 5) is 48.1. The first kappa shape index (κ1) is 26.3. The van der Waals surface area contributed by atoms with Crippen LogP contribution in [-0.2, 0) is 25.5 Å². The number of rotatable bonds is 5. The first-order valence-electron chi connectivity index (χ1n) is 14.4. The molecular weight excluding hydrogens is 494 g/mol. The zero-order valence-electron chi connectivity index (χ0n) is 22.9. The number of nitrogens with zero attached hydrogens (tertiary/aromatic N) is 3. The Labute approximate surface area is 230 Å². The maximum absolute atomic E-state index is 14.6. The zero-order chi connectivity index (χ0) is 27.4. The molecule has 0 aromatic heterocycles. The molecule has 1 unspecified atom stereocenters. The Kier molecular flexibility index (Phi) is 6.66. The van der Waals surface area contributed by atoms with Crippen LogP contribution in [-0.4, -0.2) is 93.6 Å². The lowest BCUT2D eigenvalue weighted by atomic mass is 9.74. The lowest BCUT2D eigenvalue weighted by molar-refractivity contribution is -0.157. The lowest BCUT2D eigenvalue weighted by Gasteiger charge is -2.42. The fourth-order valence-corrected chi connectivity index (χ4v) is 7.85. The van der Waals surface area contributed by atoms with E-state index in [1.807, 2.05) is 66.5 Å². The summed E-state index contributed by atoms with van der Waals surface area (Å²) in [5.74, 6) is -2.21. The molecule has 4 heterocycles. The van der Waals surface area contributed by atoms with E-state index in [1.165, 1.54) is 6.42 Å². The van der Waals surface area contributed by atoms with Gasteiger partial charge in [0, 0.05) is 26.2 Å². The van der Waals surface area contributed by atoms with Crippen LogP contribution in [0, 0.1) is 11.8 Å². The standard InChI is InChI=1S/C31H39N3O5/c1-30-15-9-17-32(2)27(36)24(30)25-28(37)34(23(20-35)19-21-11-5-3-6-12-21)26-29(38)33(22-13-7-4-8-14-22)18-10-16-31(25,26)39-30/h3,5-6,9-12,15-16,22-26,35H,4,7-8,13-14,17-20H2,1-2H3/t23-,24-,25+,26?,30+,31+/m1/s1. The molecule has 1 aromatic rings. The molecule has 0 bridgehead atoms. The molecule has 208 valence electrons.